The van der Waals surface area contributed by atoms with Crippen LogP contribution in [0.15, 0.2) is 18.2 Å². The lowest BCUT2D eigenvalue weighted by Gasteiger charge is -2.22. The highest BCUT2D eigenvalue weighted by Crippen LogP contribution is 2.23. The Morgan fingerprint density at radius 3 is 3.00 bits per heavy atom. The van der Waals surface area contributed by atoms with Crippen molar-refractivity contribution < 1.29 is 9.53 Å². The number of carbonyl (C=O) groups excluding carboxylic acids is 1. The van der Waals surface area contributed by atoms with Gasteiger partial charge in [0.25, 0.3) is 0 Å². The van der Waals surface area contributed by atoms with E-state index >= 15 is 0 Å². The summed E-state index contributed by atoms with van der Waals surface area (Å²) in [6, 6.07) is 5.93. The summed E-state index contributed by atoms with van der Waals surface area (Å²) in [5.41, 5.74) is 2.89. The average Bonchev–Trinajstić information content (AvgIpc) is 2.02. The summed E-state index contributed by atoms with van der Waals surface area (Å²) in [6.45, 7) is 3.86. The summed E-state index contributed by atoms with van der Waals surface area (Å²) in [6.07, 6.45) is 0.852. The fourth-order valence-corrected chi connectivity index (χ4v) is 1.78. The lowest BCUT2D eigenvalue weighted by molar-refractivity contribution is 0.0300. The molecule has 2 heteroatoms. The molecule has 1 atom stereocenters. The fraction of sp³-hybridized carbons (Fsp3) is 0.364. The third kappa shape index (κ3) is 1.32. The Bertz CT molecular complexity index is 355. The molecule has 0 saturated carbocycles. The number of carbonyl (C=O) groups is 1. The predicted molar refractivity (Wildman–Crippen MR) is 49.8 cm³/mol. The SMILES string of the molecule is Cc1cccc2c1C(=O)O[C@@H](C)C2. The second-order valence-corrected chi connectivity index (χ2v) is 3.53. The van der Waals surface area contributed by atoms with Gasteiger partial charge in [-0.2, -0.15) is 0 Å². The van der Waals surface area contributed by atoms with Gasteiger partial charge in [0, 0.05) is 6.42 Å². The van der Waals surface area contributed by atoms with Crippen LogP contribution in [0.4, 0.5) is 0 Å². The van der Waals surface area contributed by atoms with Crippen LogP contribution in [0.2, 0.25) is 0 Å². The zero-order chi connectivity index (χ0) is 9.42. The number of cyclic esters (lactones) is 1. The Kier molecular flexibility index (Phi) is 1.83. The maximum atomic E-state index is 11.5. The minimum Gasteiger partial charge on any atom is -0.459 e. The Hall–Kier alpha value is -1.31. The smallest absolute Gasteiger partial charge is 0.338 e. The predicted octanol–water partition coefficient (Wildman–Crippen LogP) is 2.10. The molecule has 0 N–H and O–H groups in total. The van der Waals surface area contributed by atoms with Gasteiger partial charge in [-0.15, -0.1) is 0 Å². The van der Waals surface area contributed by atoms with Crippen LogP contribution in [0.1, 0.15) is 28.4 Å². The number of benzene rings is 1. The zero-order valence-electron chi connectivity index (χ0n) is 7.83. The van der Waals surface area contributed by atoms with Crippen molar-refractivity contribution in [2.24, 2.45) is 0 Å². The van der Waals surface area contributed by atoms with E-state index in [9.17, 15) is 4.79 Å². The highest BCUT2D eigenvalue weighted by molar-refractivity contribution is 5.93. The van der Waals surface area contributed by atoms with Crippen LogP contribution in [-0.4, -0.2) is 12.1 Å². The number of ether oxygens (including phenoxy) is 1. The quantitative estimate of drug-likeness (QED) is 0.566. The van der Waals surface area contributed by atoms with Gasteiger partial charge in [-0.3, -0.25) is 0 Å². The number of esters is 1. The topological polar surface area (TPSA) is 26.3 Å². The first kappa shape index (κ1) is 8.30. The van der Waals surface area contributed by atoms with Gasteiger partial charge >= 0.3 is 5.97 Å². The molecule has 0 spiro atoms. The van der Waals surface area contributed by atoms with Crippen molar-refractivity contribution in [2.75, 3.05) is 0 Å². The molecule has 0 saturated heterocycles. The van der Waals surface area contributed by atoms with Crippen molar-refractivity contribution in [1.82, 2.24) is 0 Å². The van der Waals surface area contributed by atoms with Crippen LogP contribution in [0.5, 0.6) is 0 Å². The molecule has 1 heterocycles. The Morgan fingerprint density at radius 1 is 1.46 bits per heavy atom. The molecule has 0 amide bonds. The maximum Gasteiger partial charge on any atom is 0.338 e. The van der Waals surface area contributed by atoms with E-state index in [4.69, 9.17) is 4.74 Å². The van der Waals surface area contributed by atoms with Crippen molar-refractivity contribution >= 4 is 5.97 Å². The van der Waals surface area contributed by atoms with Gasteiger partial charge < -0.3 is 4.74 Å². The van der Waals surface area contributed by atoms with Gasteiger partial charge in [0.15, 0.2) is 0 Å². The molecule has 0 fully saturated rings. The molecule has 1 aliphatic heterocycles. The minimum atomic E-state index is -0.174. The third-order valence-electron chi connectivity index (χ3n) is 2.38. The van der Waals surface area contributed by atoms with Crippen LogP contribution < -0.4 is 0 Å². The van der Waals surface area contributed by atoms with Crippen molar-refractivity contribution in [3.05, 3.63) is 34.9 Å². The summed E-state index contributed by atoms with van der Waals surface area (Å²) in [7, 11) is 0. The molecule has 13 heavy (non-hydrogen) atoms. The van der Waals surface area contributed by atoms with Gasteiger partial charge in [-0.1, -0.05) is 18.2 Å². The number of rotatable bonds is 0. The lowest BCUT2D eigenvalue weighted by atomic mass is 9.95. The molecule has 1 aromatic carbocycles. The first-order chi connectivity index (χ1) is 6.18. The van der Waals surface area contributed by atoms with E-state index in [0.29, 0.717) is 0 Å². The standard InChI is InChI=1S/C11H12O2/c1-7-4-3-5-9-6-8(2)13-11(12)10(7)9/h3-5,8H,6H2,1-2H3/t8-/m0/s1. The van der Waals surface area contributed by atoms with Crippen LogP contribution in [0.3, 0.4) is 0 Å². The van der Waals surface area contributed by atoms with Crippen LogP contribution in [0.25, 0.3) is 0 Å². The molecule has 1 aliphatic rings. The zero-order valence-corrected chi connectivity index (χ0v) is 7.83. The van der Waals surface area contributed by atoms with Gasteiger partial charge in [-0.25, -0.2) is 4.79 Å². The summed E-state index contributed by atoms with van der Waals surface area (Å²) < 4.78 is 5.15. The Morgan fingerprint density at radius 2 is 2.23 bits per heavy atom. The molecule has 2 rings (SSSR count). The van der Waals surface area contributed by atoms with E-state index in [1.165, 1.54) is 0 Å². The van der Waals surface area contributed by atoms with E-state index in [1.54, 1.807) is 0 Å². The second-order valence-electron chi connectivity index (χ2n) is 3.53. The maximum absolute atomic E-state index is 11.5. The van der Waals surface area contributed by atoms with Crippen LogP contribution in [-0.2, 0) is 11.2 Å². The molecule has 2 nitrogen and oxygen atoms in total. The van der Waals surface area contributed by atoms with Crippen molar-refractivity contribution in [2.45, 2.75) is 26.4 Å². The van der Waals surface area contributed by atoms with E-state index in [1.807, 2.05) is 32.0 Å². The highest BCUT2D eigenvalue weighted by atomic mass is 16.5. The highest BCUT2D eigenvalue weighted by Gasteiger charge is 2.24. The summed E-state index contributed by atoms with van der Waals surface area (Å²) >= 11 is 0. The second kappa shape index (κ2) is 2.87. The molecule has 1 aromatic rings. The van der Waals surface area contributed by atoms with Gasteiger partial charge in [0.05, 0.1) is 5.56 Å². The number of hydrogen-bond acceptors (Lipinski definition) is 2. The van der Waals surface area contributed by atoms with E-state index in [0.717, 1.165) is 23.1 Å². The molecule has 0 aliphatic carbocycles. The number of fused-ring (bicyclic) bond motifs is 1. The molecule has 0 unspecified atom stereocenters. The van der Waals surface area contributed by atoms with Crippen LogP contribution in [0, 0.1) is 6.92 Å². The summed E-state index contributed by atoms with van der Waals surface area (Å²) in [5, 5.41) is 0. The number of aryl methyl sites for hydroxylation is 1. The van der Waals surface area contributed by atoms with Crippen molar-refractivity contribution in [3.63, 3.8) is 0 Å². The molecular weight excluding hydrogens is 164 g/mol. The number of hydrogen-bond donors (Lipinski definition) is 0. The molecule has 0 bridgehead atoms. The lowest BCUT2D eigenvalue weighted by Crippen LogP contribution is -2.25. The molecular formula is C11H12O2. The van der Waals surface area contributed by atoms with Crippen molar-refractivity contribution in [1.29, 1.82) is 0 Å². The van der Waals surface area contributed by atoms with E-state index in [-0.39, 0.29) is 12.1 Å². The average molecular weight is 176 g/mol. The largest absolute Gasteiger partial charge is 0.459 e. The molecule has 0 radical (unpaired) electrons. The fourth-order valence-electron chi connectivity index (χ4n) is 1.78. The van der Waals surface area contributed by atoms with Crippen LogP contribution >= 0.6 is 0 Å². The molecule has 68 valence electrons. The minimum absolute atomic E-state index is 0.0156. The monoisotopic (exact) mass is 176 g/mol. The summed E-state index contributed by atoms with van der Waals surface area (Å²) in [4.78, 5) is 11.5. The van der Waals surface area contributed by atoms with Gasteiger partial charge in [0.2, 0.25) is 0 Å². The van der Waals surface area contributed by atoms with E-state index < -0.39 is 0 Å². The third-order valence-corrected chi connectivity index (χ3v) is 2.38. The van der Waals surface area contributed by atoms with Gasteiger partial charge in [0.1, 0.15) is 6.10 Å². The Labute approximate surface area is 77.5 Å². The first-order valence-corrected chi connectivity index (χ1v) is 4.48. The van der Waals surface area contributed by atoms with E-state index in [2.05, 4.69) is 0 Å². The first-order valence-electron chi connectivity index (χ1n) is 4.48. The molecule has 0 aromatic heterocycles. The normalized spacial score (nSPS) is 20.8. The van der Waals surface area contributed by atoms with Crippen molar-refractivity contribution in [3.8, 4) is 0 Å². The Balaban J connectivity index is 2.55. The summed E-state index contributed by atoms with van der Waals surface area (Å²) in [5.74, 6) is -0.174. The van der Waals surface area contributed by atoms with Gasteiger partial charge in [-0.05, 0) is 25.0 Å².